The lowest BCUT2D eigenvalue weighted by Gasteiger charge is -2.22. The number of ether oxygens (including phenoxy) is 4. The zero-order valence-electron chi connectivity index (χ0n) is 44.4. The van der Waals surface area contributed by atoms with E-state index in [-0.39, 0.29) is 32.9 Å². The molecule has 0 radical (unpaired) electrons. The predicted molar refractivity (Wildman–Crippen MR) is 302 cm³/mol. The van der Waals surface area contributed by atoms with Gasteiger partial charge in [0, 0.05) is 18.1 Å². The van der Waals surface area contributed by atoms with Crippen molar-refractivity contribution in [3.8, 4) is 23.0 Å². The Morgan fingerprint density at radius 3 is 1.11 bits per heavy atom. The van der Waals surface area contributed by atoms with Gasteiger partial charge >= 0.3 is 11.8 Å². The molecule has 3 N–H and O–H groups in total. The summed E-state index contributed by atoms with van der Waals surface area (Å²) < 4.78 is 22.3. The zero-order valence-corrected chi connectivity index (χ0v) is 46.1. The van der Waals surface area contributed by atoms with Crippen molar-refractivity contribution in [2.45, 2.75) is 59.9 Å². The van der Waals surface area contributed by atoms with Crippen molar-refractivity contribution in [3.63, 3.8) is 0 Å². The lowest BCUT2D eigenvalue weighted by molar-refractivity contribution is -0.134. The standard InChI is InChI=1S/2C29H25N3O5S.C2H4O2/c2*1-17-6-4-5-7-21(17)16-37-23-14-10-20(11-15-23)26(33)24-25(19-8-12-22(36-3)13-9-19)32(28(35)27(24)34)29-31-30-18(2)38-29;1-2(3)4/h2*4-15,25,33H,16H2,1-3H3;1H3,(H,3,4). The number of nitrogens with zero attached hydrogens (tertiary/aromatic N) is 6. The molecule has 0 saturated carbocycles. The number of aliphatic carboxylic acids is 1. The first-order chi connectivity index (χ1) is 38.5. The molecule has 8 aromatic rings. The van der Waals surface area contributed by atoms with Crippen molar-refractivity contribution in [1.29, 1.82) is 0 Å². The summed E-state index contributed by atoms with van der Waals surface area (Å²) >= 11 is 2.40. The fourth-order valence-corrected chi connectivity index (χ4v) is 10.1. The van der Waals surface area contributed by atoms with E-state index < -0.39 is 41.4 Å². The van der Waals surface area contributed by atoms with Gasteiger partial charge in [-0.05, 0) is 134 Å². The van der Waals surface area contributed by atoms with Crippen molar-refractivity contribution in [3.05, 3.63) is 211 Å². The molecule has 18 nitrogen and oxygen atoms in total. The summed E-state index contributed by atoms with van der Waals surface area (Å²) in [6.07, 6.45) is 0. The molecule has 20 heteroatoms. The molecule has 2 atom stereocenters. The number of carboxylic acid groups (broad SMARTS) is 1. The van der Waals surface area contributed by atoms with Gasteiger partial charge in [0.15, 0.2) is 0 Å². The third kappa shape index (κ3) is 12.7. The zero-order chi connectivity index (χ0) is 57.2. The highest BCUT2D eigenvalue weighted by Gasteiger charge is 2.49. The summed E-state index contributed by atoms with van der Waals surface area (Å²) in [6.45, 7) is 9.48. The molecule has 2 aromatic heterocycles. The van der Waals surface area contributed by atoms with Crippen molar-refractivity contribution in [1.82, 2.24) is 20.4 Å². The van der Waals surface area contributed by atoms with Crippen LogP contribution in [0.2, 0.25) is 0 Å². The Hall–Kier alpha value is -9.53. The summed E-state index contributed by atoms with van der Waals surface area (Å²) in [7, 11) is 3.11. The Morgan fingerprint density at radius 1 is 0.487 bits per heavy atom. The van der Waals surface area contributed by atoms with Crippen LogP contribution in [0.1, 0.15) is 73.5 Å². The van der Waals surface area contributed by atoms with Gasteiger partial charge in [0.1, 0.15) is 57.7 Å². The Balaban J connectivity index is 0.000000197. The summed E-state index contributed by atoms with van der Waals surface area (Å²) in [6, 6.07) is 41.7. The molecule has 2 fully saturated rings. The molecular formula is C60H54N6O12S2. The number of amides is 2. The number of aryl methyl sites for hydroxylation is 4. The molecular weight excluding hydrogens is 1060 g/mol. The van der Waals surface area contributed by atoms with Gasteiger partial charge in [-0.1, -0.05) is 95.5 Å². The SMILES string of the molecule is CC(=O)O.COc1ccc(C2C(=C(O)c3ccc(OCc4ccccc4C)cc3)C(=O)C(=O)N2c2nnc(C)s2)cc1.COc1ccc(C2C(=C(O)c3ccc(OCc4ccccc4C)cc3)C(=O)C(=O)N2c2nnc(C)s2)cc1. The second kappa shape index (κ2) is 25.3. The maximum absolute atomic E-state index is 13.3. The van der Waals surface area contributed by atoms with Gasteiger partial charge in [-0.15, -0.1) is 20.4 Å². The molecule has 0 aliphatic carbocycles. The maximum Gasteiger partial charge on any atom is 0.301 e. The third-order valence-corrected chi connectivity index (χ3v) is 14.4. The fourth-order valence-electron chi connectivity index (χ4n) is 8.63. The molecule has 2 unspecified atom stereocenters. The molecule has 10 rings (SSSR count). The van der Waals surface area contributed by atoms with Crippen LogP contribution < -0.4 is 28.7 Å². The van der Waals surface area contributed by atoms with E-state index in [9.17, 15) is 29.4 Å². The highest BCUT2D eigenvalue weighted by Crippen LogP contribution is 2.45. The first-order valence-corrected chi connectivity index (χ1v) is 26.4. The molecule has 0 spiro atoms. The molecule has 2 aliphatic rings. The number of anilines is 2. The number of carbonyl (C=O) groups is 5. The monoisotopic (exact) mass is 1110 g/mol. The van der Waals surface area contributed by atoms with Crippen LogP contribution >= 0.6 is 22.7 Å². The highest BCUT2D eigenvalue weighted by atomic mass is 32.1. The number of carbonyl (C=O) groups excluding carboxylic acids is 4. The van der Waals surface area contributed by atoms with Crippen LogP contribution in [0.25, 0.3) is 11.5 Å². The average molecular weight is 1120 g/mol. The second-order valence-electron chi connectivity index (χ2n) is 18.1. The summed E-state index contributed by atoms with van der Waals surface area (Å²) in [5.74, 6) is -2.06. The first-order valence-electron chi connectivity index (χ1n) is 24.7. The van der Waals surface area contributed by atoms with Crippen molar-refractivity contribution in [2.75, 3.05) is 24.0 Å². The van der Waals surface area contributed by atoms with Crippen molar-refractivity contribution in [2.24, 2.45) is 0 Å². The van der Waals surface area contributed by atoms with Crippen LogP contribution in [-0.4, -0.2) is 79.3 Å². The van der Waals surface area contributed by atoms with Gasteiger partial charge in [0.25, 0.3) is 17.5 Å². The smallest absolute Gasteiger partial charge is 0.301 e. The minimum atomic E-state index is -0.884. The van der Waals surface area contributed by atoms with Gasteiger partial charge in [-0.2, -0.15) is 0 Å². The number of benzene rings is 6. The van der Waals surface area contributed by atoms with E-state index in [2.05, 4.69) is 20.4 Å². The summed E-state index contributed by atoms with van der Waals surface area (Å²) in [5.41, 5.74) is 6.39. The predicted octanol–water partition coefficient (Wildman–Crippen LogP) is 10.8. The second-order valence-corrected chi connectivity index (χ2v) is 20.4. The molecule has 2 saturated heterocycles. The van der Waals surface area contributed by atoms with Gasteiger partial charge in [0.05, 0.1) is 37.4 Å². The van der Waals surface area contributed by atoms with Crippen molar-refractivity contribution >= 4 is 73.8 Å². The van der Waals surface area contributed by atoms with Crippen LogP contribution in [0.15, 0.2) is 157 Å². The van der Waals surface area contributed by atoms with E-state index in [1.54, 1.807) is 125 Å². The fraction of sp³-hybridized carbons (Fsp3) is 0.183. The largest absolute Gasteiger partial charge is 0.507 e. The molecule has 6 aromatic carbocycles. The number of aliphatic hydroxyl groups is 2. The Morgan fingerprint density at radius 2 is 0.812 bits per heavy atom. The van der Waals surface area contributed by atoms with Crippen molar-refractivity contribution < 1.29 is 58.2 Å². The lowest BCUT2D eigenvalue weighted by Crippen LogP contribution is -2.29. The molecule has 2 amide bonds. The number of rotatable bonds is 14. The number of aliphatic hydroxyl groups excluding tert-OH is 2. The highest BCUT2D eigenvalue weighted by molar-refractivity contribution is 7.15. The Kier molecular flexibility index (Phi) is 17.9. The Bertz CT molecular complexity index is 3400. The average Bonchev–Trinajstić information content (AvgIpc) is 4.37. The molecule has 80 heavy (non-hydrogen) atoms. The van der Waals surface area contributed by atoms with E-state index >= 15 is 0 Å². The van der Waals surface area contributed by atoms with Crippen LogP contribution in [0.4, 0.5) is 10.3 Å². The molecule has 2 aliphatic heterocycles. The van der Waals surface area contributed by atoms with E-state index in [1.807, 2.05) is 62.4 Å². The molecule has 408 valence electrons. The number of ketones is 2. The van der Waals surface area contributed by atoms with E-state index in [0.29, 0.717) is 68.5 Å². The minimum Gasteiger partial charge on any atom is -0.507 e. The quantitative estimate of drug-likeness (QED) is 0.0521. The van der Waals surface area contributed by atoms with E-state index in [4.69, 9.17) is 28.8 Å². The van der Waals surface area contributed by atoms with Crippen LogP contribution in [-0.2, 0) is 37.2 Å². The topological polar surface area (TPSA) is 241 Å². The molecule has 4 heterocycles. The number of Topliss-reactive ketones (excluding diaryl/α,β-unsaturated/α-hetero) is 2. The van der Waals surface area contributed by atoms with Crippen LogP contribution in [0.3, 0.4) is 0 Å². The van der Waals surface area contributed by atoms with Gasteiger partial charge in [0.2, 0.25) is 10.3 Å². The number of aromatic nitrogens is 4. The maximum atomic E-state index is 13.3. The number of methoxy groups -OCH3 is 2. The van der Waals surface area contributed by atoms with Crippen LogP contribution in [0.5, 0.6) is 23.0 Å². The minimum absolute atomic E-state index is 0.0263. The lowest BCUT2D eigenvalue weighted by atomic mass is 9.95. The Labute approximate surface area is 468 Å². The van der Waals surface area contributed by atoms with Gasteiger partial charge < -0.3 is 34.3 Å². The van der Waals surface area contributed by atoms with E-state index in [0.717, 1.165) is 29.2 Å². The molecule has 0 bridgehead atoms. The summed E-state index contributed by atoms with van der Waals surface area (Å²) in [4.78, 5) is 64.5. The van der Waals surface area contributed by atoms with E-state index in [1.165, 1.54) is 32.5 Å². The number of hydrogen-bond donors (Lipinski definition) is 3. The van der Waals surface area contributed by atoms with Crippen LogP contribution in [0, 0.1) is 27.7 Å². The summed E-state index contributed by atoms with van der Waals surface area (Å²) in [5, 5.41) is 48.1. The van der Waals surface area contributed by atoms with Gasteiger partial charge in [-0.3, -0.25) is 33.8 Å². The third-order valence-electron chi connectivity index (χ3n) is 12.8. The van der Waals surface area contributed by atoms with Gasteiger partial charge in [-0.25, -0.2) is 0 Å². The normalized spacial score (nSPS) is 16.1. The first kappa shape index (κ1) is 56.7. The number of carboxylic acids is 1. The number of hydrogen-bond acceptors (Lipinski definition) is 17.